The van der Waals surface area contributed by atoms with Gasteiger partial charge in [-0.15, -0.1) is 11.3 Å². The summed E-state index contributed by atoms with van der Waals surface area (Å²) in [6, 6.07) is 20.0. The van der Waals surface area contributed by atoms with Gasteiger partial charge in [0.05, 0.1) is 24.1 Å². The van der Waals surface area contributed by atoms with Crippen LogP contribution in [0.5, 0.6) is 5.75 Å². The van der Waals surface area contributed by atoms with Crippen LogP contribution >= 0.6 is 11.3 Å². The summed E-state index contributed by atoms with van der Waals surface area (Å²) in [7, 11) is 1.60. The number of aromatic nitrogens is 1. The van der Waals surface area contributed by atoms with Gasteiger partial charge in [0.25, 0.3) is 0 Å². The molecule has 0 amide bonds. The second-order valence-electron chi connectivity index (χ2n) is 7.95. The zero-order valence-corrected chi connectivity index (χ0v) is 20.0. The number of Topliss-reactive ketones (excluding diaryl/α,β-unsaturated/α-hetero) is 1. The van der Waals surface area contributed by atoms with E-state index in [0.29, 0.717) is 34.6 Å². The monoisotopic (exact) mass is 496 g/mol. The zero-order valence-electron chi connectivity index (χ0n) is 19.2. The largest absolute Gasteiger partial charge is 0.497 e. The molecule has 0 aliphatic carbocycles. The topological polar surface area (TPSA) is 43.6 Å². The number of carbonyl (C=O) groups is 1. The number of aryl methyl sites for hydroxylation is 1. The lowest BCUT2D eigenvalue weighted by Crippen LogP contribution is -2.17. The number of thiazole rings is 1. The van der Waals surface area contributed by atoms with Crippen LogP contribution in [0.3, 0.4) is 0 Å². The Balaban J connectivity index is 1.74. The molecule has 1 aromatic heterocycles. The first-order valence-electron chi connectivity index (χ1n) is 10.9. The fourth-order valence-electron chi connectivity index (χ4n) is 3.68. The molecule has 0 bridgehead atoms. The van der Waals surface area contributed by atoms with Crippen molar-refractivity contribution in [3.05, 3.63) is 99.7 Å². The van der Waals surface area contributed by atoms with Crippen molar-refractivity contribution in [2.45, 2.75) is 26.1 Å². The van der Waals surface area contributed by atoms with Crippen molar-refractivity contribution in [3.8, 4) is 17.0 Å². The molecular formula is C27H23F3N2O2S. The van der Waals surface area contributed by atoms with Crippen molar-refractivity contribution in [1.82, 2.24) is 4.57 Å². The molecule has 0 atom stereocenters. The van der Waals surface area contributed by atoms with E-state index in [2.05, 4.69) is 0 Å². The Kier molecular flexibility index (Phi) is 7.21. The van der Waals surface area contributed by atoms with Crippen molar-refractivity contribution >= 4 is 22.8 Å². The summed E-state index contributed by atoms with van der Waals surface area (Å²) in [5, 5.41) is 1.97. The number of ether oxygens (including phenoxy) is 1. The number of rotatable bonds is 7. The fraction of sp³-hybridized carbons (Fsp3) is 0.185. The van der Waals surface area contributed by atoms with Crippen LogP contribution < -0.4 is 9.54 Å². The maximum Gasteiger partial charge on any atom is 0.416 e. The van der Waals surface area contributed by atoms with Crippen molar-refractivity contribution in [3.63, 3.8) is 0 Å². The fourth-order valence-corrected chi connectivity index (χ4v) is 4.63. The Morgan fingerprint density at radius 3 is 2.46 bits per heavy atom. The van der Waals surface area contributed by atoms with Crippen LogP contribution in [0, 0.1) is 0 Å². The van der Waals surface area contributed by atoms with Gasteiger partial charge in [0.1, 0.15) is 5.75 Å². The van der Waals surface area contributed by atoms with Crippen LogP contribution in [-0.2, 0) is 19.1 Å². The number of alkyl halides is 3. The molecule has 1 heterocycles. The van der Waals surface area contributed by atoms with E-state index < -0.39 is 11.7 Å². The van der Waals surface area contributed by atoms with E-state index in [-0.39, 0.29) is 5.78 Å². The van der Waals surface area contributed by atoms with Crippen LogP contribution in [0.1, 0.15) is 28.4 Å². The lowest BCUT2D eigenvalue weighted by atomic mass is 10.1. The molecule has 4 nitrogen and oxygen atoms in total. The van der Waals surface area contributed by atoms with Gasteiger partial charge >= 0.3 is 6.18 Å². The minimum atomic E-state index is -4.39. The summed E-state index contributed by atoms with van der Waals surface area (Å²) < 4.78 is 46.8. The molecule has 8 heteroatoms. The molecule has 4 rings (SSSR count). The molecule has 0 aliphatic heterocycles. The second kappa shape index (κ2) is 10.3. The highest BCUT2D eigenvalue weighted by molar-refractivity contribution is 7.07. The van der Waals surface area contributed by atoms with E-state index in [0.717, 1.165) is 23.1 Å². The molecule has 0 saturated carbocycles. The summed E-state index contributed by atoms with van der Waals surface area (Å²) in [5.74, 6) is 0.676. The van der Waals surface area contributed by atoms with Crippen LogP contribution in [0.15, 0.2) is 83.2 Å². The number of carbonyl (C=O) groups excluding carboxylic acids is 1. The van der Waals surface area contributed by atoms with Crippen molar-refractivity contribution in [2.24, 2.45) is 4.99 Å². The molecule has 0 radical (unpaired) electrons. The summed E-state index contributed by atoms with van der Waals surface area (Å²) in [4.78, 5) is 17.2. The Hall–Kier alpha value is -3.65. The first-order valence-corrected chi connectivity index (χ1v) is 11.8. The van der Waals surface area contributed by atoms with Gasteiger partial charge in [-0.1, -0.05) is 30.3 Å². The Morgan fingerprint density at radius 2 is 1.77 bits per heavy atom. The van der Waals surface area contributed by atoms with Gasteiger partial charge in [0, 0.05) is 17.5 Å². The van der Waals surface area contributed by atoms with Gasteiger partial charge < -0.3 is 9.30 Å². The quantitative estimate of drug-likeness (QED) is 0.261. The third kappa shape index (κ3) is 5.89. The highest BCUT2D eigenvalue weighted by Gasteiger charge is 2.30. The lowest BCUT2D eigenvalue weighted by Gasteiger charge is -2.12. The maximum absolute atomic E-state index is 13.2. The minimum Gasteiger partial charge on any atom is -0.497 e. The standard InChI is InChI=1S/C27H23F3N2O2S/c1-18(33)21-6-4-8-23(16-21)31-26-32(14-13-19-5-3-7-22(15-19)27(28,29)30)25(17-35-26)20-9-11-24(34-2)12-10-20/h3-12,15-17H,13-14H2,1-2H3. The Morgan fingerprint density at radius 1 is 1.03 bits per heavy atom. The lowest BCUT2D eigenvalue weighted by molar-refractivity contribution is -0.137. The van der Waals surface area contributed by atoms with Crippen molar-refractivity contribution in [2.75, 3.05) is 7.11 Å². The van der Waals surface area contributed by atoms with Crippen molar-refractivity contribution < 1.29 is 22.7 Å². The predicted molar refractivity (Wildman–Crippen MR) is 131 cm³/mol. The number of hydrogen-bond donors (Lipinski definition) is 0. The molecule has 0 N–H and O–H groups in total. The molecule has 180 valence electrons. The van der Waals surface area contributed by atoms with Crippen LogP contribution in [0.2, 0.25) is 0 Å². The average molecular weight is 497 g/mol. The number of benzene rings is 3. The molecule has 4 aromatic rings. The van der Waals surface area contributed by atoms with Gasteiger partial charge in [0.2, 0.25) is 0 Å². The third-order valence-electron chi connectivity index (χ3n) is 5.54. The van der Waals surface area contributed by atoms with Gasteiger partial charge in [-0.3, -0.25) is 4.79 Å². The highest BCUT2D eigenvalue weighted by atomic mass is 32.1. The number of hydrogen-bond acceptors (Lipinski definition) is 4. The minimum absolute atomic E-state index is 0.0513. The van der Waals surface area contributed by atoms with Crippen LogP contribution in [0.4, 0.5) is 18.9 Å². The van der Waals surface area contributed by atoms with E-state index in [1.54, 1.807) is 31.4 Å². The maximum atomic E-state index is 13.2. The van der Waals surface area contributed by atoms with E-state index in [1.807, 2.05) is 40.3 Å². The molecule has 0 saturated heterocycles. The molecule has 0 aliphatic rings. The normalized spacial score (nSPS) is 12.1. The Bertz CT molecular complexity index is 1400. The van der Waals surface area contributed by atoms with Gasteiger partial charge in [-0.05, 0) is 66.9 Å². The van der Waals surface area contributed by atoms with Crippen molar-refractivity contribution in [1.29, 1.82) is 0 Å². The second-order valence-corrected chi connectivity index (χ2v) is 8.79. The molecule has 3 aromatic carbocycles. The highest BCUT2D eigenvalue weighted by Crippen LogP contribution is 2.30. The third-order valence-corrected chi connectivity index (χ3v) is 6.40. The van der Waals surface area contributed by atoms with Gasteiger partial charge in [0.15, 0.2) is 10.6 Å². The van der Waals surface area contributed by atoms with Gasteiger partial charge in [-0.25, -0.2) is 4.99 Å². The summed E-state index contributed by atoms with van der Waals surface area (Å²) in [6.45, 7) is 1.93. The molecule has 0 fully saturated rings. The number of halogens is 3. The van der Waals surface area contributed by atoms with E-state index in [4.69, 9.17) is 9.73 Å². The van der Waals surface area contributed by atoms with Crippen LogP contribution in [0.25, 0.3) is 11.3 Å². The SMILES string of the molecule is COc1ccc(-c2csc(=Nc3cccc(C(C)=O)c3)n2CCc2cccc(C(F)(F)F)c2)cc1. The number of ketones is 1. The van der Waals surface area contributed by atoms with Crippen LogP contribution in [-0.4, -0.2) is 17.5 Å². The van der Waals surface area contributed by atoms with E-state index in [1.165, 1.54) is 30.4 Å². The number of nitrogens with zero attached hydrogens (tertiary/aromatic N) is 2. The smallest absolute Gasteiger partial charge is 0.416 e. The van der Waals surface area contributed by atoms with E-state index >= 15 is 0 Å². The zero-order chi connectivity index (χ0) is 25.0. The number of methoxy groups -OCH3 is 1. The van der Waals surface area contributed by atoms with Gasteiger partial charge in [-0.2, -0.15) is 13.2 Å². The molecule has 0 unspecified atom stereocenters. The summed E-state index contributed by atoms with van der Waals surface area (Å²) in [5.41, 5.74) is 2.95. The predicted octanol–water partition coefficient (Wildman–Crippen LogP) is 6.92. The molecular weight excluding hydrogens is 473 g/mol. The summed E-state index contributed by atoms with van der Waals surface area (Å²) in [6.07, 6.45) is -3.99. The van der Waals surface area contributed by atoms with E-state index in [9.17, 15) is 18.0 Å². The average Bonchev–Trinajstić information content (AvgIpc) is 3.24. The summed E-state index contributed by atoms with van der Waals surface area (Å²) >= 11 is 1.43. The molecule has 0 spiro atoms. The Labute approximate surface area is 205 Å². The first kappa shape index (κ1) is 24.5. The first-order chi connectivity index (χ1) is 16.7. The molecule has 35 heavy (non-hydrogen) atoms.